The first kappa shape index (κ1) is 20.9. The monoisotopic (exact) mass is 389 g/mol. The minimum absolute atomic E-state index is 0.142. The first-order valence-corrected chi connectivity index (χ1v) is 9.15. The summed E-state index contributed by atoms with van der Waals surface area (Å²) in [4.78, 5) is 24.1. The van der Waals surface area contributed by atoms with Gasteiger partial charge >= 0.3 is 5.97 Å². The fraction of sp³-hybridized carbons (Fsp3) is 0.333. The summed E-state index contributed by atoms with van der Waals surface area (Å²) in [6.45, 7) is 5.92. The lowest BCUT2D eigenvalue weighted by Crippen LogP contribution is -2.31. The van der Waals surface area contributed by atoms with Gasteiger partial charge in [-0.2, -0.15) is 0 Å². The summed E-state index contributed by atoms with van der Waals surface area (Å²) < 4.78 is 10.6. The predicted molar refractivity (Wildman–Crippen MR) is 105 cm³/mol. The molecule has 0 saturated carbocycles. The van der Waals surface area contributed by atoms with E-state index in [1.807, 2.05) is 45.0 Å². The molecule has 6 heteroatoms. The number of benzene rings is 2. The van der Waals surface area contributed by atoms with Crippen molar-refractivity contribution in [1.82, 2.24) is 5.32 Å². The van der Waals surface area contributed by atoms with Crippen LogP contribution >= 0.6 is 11.6 Å². The van der Waals surface area contributed by atoms with E-state index in [1.54, 1.807) is 24.3 Å². The number of carbonyl (C=O) groups excluding carboxylic acids is 2. The summed E-state index contributed by atoms with van der Waals surface area (Å²) in [5, 5.41) is 3.42. The van der Waals surface area contributed by atoms with Crippen LogP contribution in [0.2, 0.25) is 5.02 Å². The molecule has 1 N–H and O–H groups in total. The second-order valence-electron chi connectivity index (χ2n) is 6.47. The standard InChI is InChI=1S/C21H24ClNO4/c1-14(2)26-12-16-4-6-18(7-5-16)21(25)27-13-20(24)23-15(3)17-8-10-19(22)11-9-17/h4-11,14-15H,12-13H2,1-3H3,(H,23,24)/t15-/m1/s1. The molecular weight excluding hydrogens is 366 g/mol. The van der Waals surface area contributed by atoms with Gasteiger partial charge in [0.2, 0.25) is 0 Å². The smallest absolute Gasteiger partial charge is 0.338 e. The second kappa shape index (κ2) is 10.1. The van der Waals surface area contributed by atoms with E-state index in [9.17, 15) is 9.59 Å². The lowest BCUT2D eigenvalue weighted by atomic mass is 10.1. The van der Waals surface area contributed by atoms with Gasteiger partial charge in [0.1, 0.15) is 0 Å². The summed E-state index contributed by atoms with van der Waals surface area (Å²) in [7, 11) is 0. The van der Waals surface area contributed by atoms with Crippen molar-refractivity contribution in [1.29, 1.82) is 0 Å². The number of hydrogen-bond acceptors (Lipinski definition) is 4. The Morgan fingerprint density at radius 2 is 1.63 bits per heavy atom. The van der Waals surface area contributed by atoms with Crippen molar-refractivity contribution < 1.29 is 19.1 Å². The molecule has 1 atom stereocenters. The van der Waals surface area contributed by atoms with Gasteiger partial charge in [-0.3, -0.25) is 4.79 Å². The van der Waals surface area contributed by atoms with E-state index in [-0.39, 0.29) is 24.7 Å². The number of carbonyl (C=O) groups is 2. The zero-order chi connectivity index (χ0) is 19.8. The van der Waals surface area contributed by atoms with Gasteiger partial charge in [-0.25, -0.2) is 4.79 Å². The lowest BCUT2D eigenvalue weighted by Gasteiger charge is -2.14. The van der Waals surface area contributed by atoms with Crippen LogP contribution < -0.4 is 5.32 Å². The molecule has 0 aliphatic carbocycles. The van der Waals surface area contributed by atoms with Gasteiger partial charge in [-0.1, -0.05) is 35.9 Å². The first-order chi connectivity index (χ1) is 12.8. The van der Waals surface area contributed by atoms with E-state index in [2.05, 4.69) is 5.32 Å². The Morgan fingerprint density at radius 3 is 2.22 bits per heavy atom. The summed E-state index contributed by atoms with van der Waals surface area (Å²) in [6, 6.07) is 13.9. The molecule has 0 fully saturated rings. The fourth-order valence-corrected chi connectivity index (χ4v) is 2.46. The van der Waals surface area contributed by atoms with Gasteiger partial charge in [0, 0.05) is 5.02 Å². The topological polar surface area (TPSA) is 64.6 Å². The number of amides is 1. The van der Waals surface area contributed by atoms with Gasteiger partial charge in [-0.15, -0.1) is 0 Å². The number of ether oxygens (including phenoxy) is 2. The van der Waals surface area contributed by atoms with Crippen molar-refractivity contribution >= 4 is 23.5 Å². The largest absolute Gasteiger partial charge is 0.452 e. The molecule has 1 amide bonds. The highest BCUT2D eigenvalue weighted by Gasteiger charge is 2.13. The Kier molecular flexibility index (Phi) is 7.82. The third-order valence-electron chi connectivity index (χ3n) is 3.85. The SMILES string of the molecule is CC(C)OCc1ccc(C(=O)OCC(=O)N[C@H](C)c2ccc(Cl)cc2)cc1. The van der Waals surface area contributed by atoms with Crippen LogP contribution in [0, 0.1) is 0 Å². The van der Waals surface area contributed by atoms with Crippen molar-refractivity contribution in [3.8, 4) is 0 Å². The molecule has 2 aromatic rings. The summed E-state index contributed by atoms with van der Waals surface area (Å²) in [6.07, 6.45) is 0.142. The van der Waals surface area contributed by atoms with Gasteiger partial charge in [-0.05, 0) is 56.2 Å². The van der Waals surface area contributed by atoms with Crippen LogP contribution in [0.25, 0.3) is 0 Å². The zero-order valence-electron chi connectivity index (χ0n) is 15.7. The highest BCUT2D eigenvalue weighted by atomic mass is 35.5. The van der Waals surface area contributed by atoms with Crippen molar-refractivity contribution in [3.05, 3.63) is 70.2 Å². The summed E-state index contributed by atoms with van der Waals surface area (Å²) in [5.41, 5.74) is 2.27. The Morgan fingerprint density at radius 1 is 1.00 bits per heavy atom. The summed E-state index contributed by atoms with van der Waals surface area (Å²) in [5.74, 6) is -0.909. The quantitative estimate of drug-likeness (QED) is 0.683. The molecule has 0 aliphatic rings. The highest BCUT2D eigenvalue weighted by molar-refractivity contribution is 6.30. The van der Waals surface area contributed by atoms with Gasteiger partial charge in [0.25, 0.3) is 5.91 Å². The van der Waals surface area contributed by atoms with E-state index in [0.29, 0.717) is 17.2 Å². The average Bonchev–Trinajstić information content (AvgIpc) is 2.65. The molecular formula is C21H24ClNO4. The van der Waals surface area contributed by atoms with Gasteiger partial charge in [0.15, 0.2) is 6.61 Å². The second-order valence-corrected chi connectivity index (χ2v) is 6.91. The van der Waals surface area contributed by atoms with E-state index in [4.69, 9.17) is 21.1 Å². The van der Waals surface area contributed by atoms with Gasteiger partial charge in [0.05, 0.1) is 24.3 Å². The number of halogens is 1. The highest BCUT2D eigenvalue weighted by Crippen LogP contribution is 2.16. The van der Waals surface area contributed by atoms with Crippen LogP contribution in [-0.4, -0.2) is 24.6 Å². The Labute approximate surface area is 164 Å². The molecule has 27 heavy (non-hydrogen) atoms. The molecule has 0 aliphatic heterocycles. The Bertz CT molecular complexity index is 757. The van der Waals surface area contributed by atoms with Crippen LogP contribution in [0.3, 0.4) is 0 Å². The van der Waals surface area contributed by atoms with Crippen molar-refractivity contribution in [2.45, 2.75) is 39.5 Å². The van der Waals surface area contributed by atoms with Crippen LogP contribution in [0.15, 0.2) is 48.5 Å². The molecule has 0 aromatic heterocycles. The molecule has 144 valence electrons. The Hall–Kier alpha value is -2.37. The van der Waals surface area contributed by atoms with Crippen LogP contribution in [0.4, 0.5) is 0 Å². The molecule has 0 unspecified atom stereocenters. The minimum Gasteiger partial charge on any atom is -0.452 e. The summed E-state index contributed by atoms with van der Waals surface area (Å²) >= 11 is 5.85. The normalized spacial score (nSPS) is 11.9. The number of rotatable bonds is 8. The van der Waals surface area contributed by atoms with Crippen LogP contribution in [0.5, 0.6) is 0 Å². The van der Waals surface area contributed by atoms with Crippen LogP contribution in [0.1, 0.15) is 48.3 Å². The van der Waals surface area contributed by atoms with Gasteiger partial charge < -0.3 is 14.8 Å². The van der Waals surface area contributed by atoms with Crippen LogP contribution in [-0.2, 0) is 20.9 Å². The zero-order valence-corrected chi connectivity index (χ0v) is 16.5. The number of hydrogen-bond donors (Lipinski definition) is 1. The maximum atomic E-state index is 12.1. The lowest BCUT2D eigenvalue weighted by molar-refractivity contribution is -0.124. The minimum atomic E-state index is -0.541. The van der Waals surface area contributed by atoms with E-state index < -0.39 is 5.97 Å². The van der Waals surface area contributed by atoms with Crippen molar-refractivity contribution in [2.24, 2.45) is 0 Å². The van der Waals surface area contributed by atoms with E-state index >= 15 is 0 Å². The van der Waals surface area contributed by atoms with Crippen molar-refractivity contribution in [2.75, 3.05) is 6.61 Å². The number of esters is 1. The predicted octanol–water partition coefficient (Wildman–Crippen LogP) is 4.30. The third-order valence-corrected chi connectivity index (χ3v) is 4.11. The molecule has 2 rings (SSSR count). The molecule has 0 bridgehead atoms. The van der Waals surface area contributed by atoms with E-state index in [1.165, 1.54) is 0 Å². The molecule has 0 heterocycles. The third kappa shape index (κ3) is 7.04. The molecule has 0 radical (unpaired) electrons. The first-order valence-electron chi connectivity index (χ1n) is 8.77. The fourth-order valence-electron chi connectivity index (χ4n) is 2.33. The molecule has 5 nitrogen and oxygen atoms in total. The molecule has 2 aromatic carbocycles. The van der Waals surface area contributed by atoms with Crippen molar-refractivity contribution in [3.63, 3.8) is 0 Å². The average molecular weight is 390 g/mol. The molecule has 0 saturated heterocycles. The molecule has 0 spiro atoms. The number of nitrogens with one attached hydrogen (secondary N) is 1. The maximum absolute atomic E-state index is 12.1. The van der Waals surface area contributed by atoms with E-state index in [0.717, 1.165) is 11.1 Å². The Balaban J connectivity index is 1.80. The maximum Gasteiger partial charge on any atom is 0.338 e.